The summed E-state index contributed by atoms with van der Waals surface area (Å²) in [5, 5.41) is 24.1. The summed E-state index contributed by atoms with van der Waals surface area (Å²) in [5.74, 6) is -1.61. The number of carbonyl (C=O) groups is 2. The van der Waals surface area contributed by atoms with Crippen LogP contribution in [0.1, 0.15) is 10.4 Å². The van der Waals surface area contributed by atoms with E-state index < -0.39 is 28.9 Å². The van der Waals surface area contributed by atoms with Crippen molar-refractivity contribution in [3.63, 3.8) is 0 Å². The van der Waals surface area contributed by atoms with E-state index in [0.717, 1.165) is 15.9 Å². The van der Waals surface area contributed by atoms with Gasteiger partial charge in [-0.25, -0.2) is 9.78 Å². The third kappa shape index (κ3) is 3.96. The third-order valence-corrected chi connectivity index (χ3v) is 5.49. The Morgan fingerprint density at radius 3 is 2.44 bits per heavy atom. The van der Waals surface area contributed by atoms with Gasteiger partial charge in [0.25, 0.3) is 11.2 Å². The lowest BCUT2D eigenvalue weighted by Gasteiger charge is -2.13. The van der Waals surface area contributed by atoms with Crippen LogP contribution in [0.2, 0.25) is 0 Å². The molecule has 32 heavy (non-hydrogen) atoms. The Hall–Kier alpha value is -4.38. The lowest BCUT2D eigenvalue weighted by molar-refractivity contribution is -0.384. The highest BCUT2D eigenvalue weighted by molar-refractivity contribution is 7.17. The van der Waals surface area contributed by atoms with E-state index in [1.807, 2.05) is 0 Å². The Morgan fingerprint density at radius 2 is 1.81 bits per heavy atom. The fourth-order valence-corrected chi connectivity index (χ4v) is 4.05. The summed E-state index contributed by atoms with van der Waals surface area (Å²) in [6.07, 6.45) is 0. The van der Waals surface area contributed by atoms with Gasteiger partial charge < -0.3 is 10.4 Å². The van der Waals surface area contributed by atoms with Crippen LogP contribution in [0.15, 0.2) is 64.8 Å². The van der Waals surface area contributed by atoms with Crippen molar-refractivity contribution in [3.05, 3.63) is 86.0 Å². The van der Waals surface area contributed by atoms with Gasteiger partial charge in [-0.1, -0.05) is 30.3 Å². The minimum atomic E-state index is -1.26. The molecule has 4 rings (SSSR count). The molecule has 0 aliphatic rings. The average Bonchev–Trinajstić information content (AvgIpc) is 3.21. The molecule has 0 saturated heterocycles. The molecule has 0 atom stereocenters. The molecule has 160 valence electrons. The molecule has 0 aliphatic carbocycles. The monoisotopic (exact) mass is 450 g/mol. The molecule has 0 unspecified atom stereocenters. The predicted molar refractivity (Wildman–Crippen MR) is 118 cm³/mol. The molecular formula is C21H14N4O6S. The lowest BCUT2D eigenvalue weighted by atomic mass is 10.2. The van der Waals surface area contributed by atoms with Crippen LogP contribution in [-0.2, 0) is 11.3 Å². The molecule has 0 saturated carbocycles. The van der Waals surface area contributed by atoms with Crippen LogP contribution in [0.4, 0.5) is 11.4 Å². The first kappa shape index (κ1) is 20.9. The number of aromatic carboxylic acids is 1. The maximum atomic E-state index is 13.2. The first-order valence-corrected chi connectivity index (χ1v) is 10.1. The molecule has 11 heteroatoms. The van der Waals surface area contributed by atoms with Gasteiger partial charge >= 0.3 is 5.97 Å². The fraction of sp³-hybridized carbons (Fsp3) is 0.0476. The number of thiophene rings is 1. The minimum Gasteiger partial charge on any atom is -0.478 e. The van der Waals surface area contributed by atoms with E-state index in [1.54, 1.807) is 30.3 Å². The number of hydrogen-bond donors (Lipinski definition) is 2. The van der Waals surface area contributed by atoms with Crippen LogP contribution >= 0.6 is 11.3 Å². The fourth-order valence-electron chi connectivity index (χ4n) is 3.15. The number of hydrogen-bond acceptors (Lipinski definition) is 7. The number of non-ortho nitro benzene ring substituents is 1. The topological polar surface area (TPSA) is 144 Å². The number of carboxylic acid groups (broad SMARTS) is 1. The Balaban J connectivity index is 1.75. The first-order chi connectivity index (χ1) is 15.3. The number of aromatic nitrogens is 2. The summed E-state index contributed by atoms with van der Waals surface area (Å²) >= 11 is 1.04. The van der Waals surface area contributed by atoms with Crippen molar-refractivity contribution in [2.75, 3.05) is 5.32 Å². The van der Waals surface area contributed by atoms with Crippen LogP contribution in [0, 0.1) is 10.1 Å². The average molecular weight is 450 g/mol. The molecule has 10 nitrogen and oxygen atoms in total. The third-order valence-electron chi connectivity index (χ3n) is 4.62. The summed E-state index contributed by atoms with van der Waals surface area (Å²) < 4.78 is 1.12. The highest BCUT2D eigenvalue weighted by atomic mass is 32.1. The van der Waals surface area contributed by atoms with Crippen molar-refractivity contribution in [1.29, 1.82) is 0 Å². The zero-order valence-corrected chi connectivity index (χ0v) is 17.0. The first-order valence-electron chi connectivity index (χ1n) is 9.20. The van der Waals surface area contributed by atoms with E-state index in [9.17, 15) is 29.6 Å². The van der Waals surface area contributed by atoms with E-state index >= 15 is 0 Å². The highest BCUT2D eigenvalue weighted by Gasteiger charge is 2.21. The number of nitro benzene ring substituents is 1. The van der Waals surface area contributed by atoms with Gasteiger partial charge in [0.05, 0.1) is 15.9 Å². The molecule has 1 amide bonds. The van der Waals surface area contributed by atoms with Gasteiger partial charge in [-0.05, 0) is 12.1 Å². The van der Waals surface area contributed by atoms with Gasteiger partial charge in [-0.2, -0.15) is 0 Å². The second kappa shape index (κ2) is 8.40. The van der Waals surface area contributed by atoms with Crippen molar-refractivity contribution in [2.45, 2.75) is 6.54 Å². The van der Waals surface area contributed by atoms with Crippen molar-refractivity contribution in [1.82, 2.24) is 9.55 Å². The van der Waals surface area contributed by atoms with Crippen LogP contribution in [-0.4, -0.2) is 31.5 Å². The Bertz CT molecular complexity index is 1410. The molecule has 0 bridgehead atoms. The van der Waals surface area contributed by atoms with Crippen LogP contribution in [0.3, 0.4) is 0 Å². The number of amides is 1. The molecule has 0 spiro atoms. The summed E-state index contributed by atoms with van der Waals surface area (Å²) in [6, 6.07) is 14.0. The molecular weight excluding hydrogens is 436 g/mol. The molecule has 4 aromatic rings. The second-order valence-corrected chi connectivity index (χ2v) is 7.54. The molecule has 2 heterocycles. The number of benzene rings is 2. The van der Waals surface area contributed by atoms with E-state index in [1.165, 1.54) is 29.6 Å². The SMILES string of the molecule is O=C(Cn1c(-c2ccccc2)nc2scc(C(=O)O)c2c1=O)Nc1ccc([N+](=O)[O-])cc1. The zero-order chi connectivity index (χ0) is 22.8. The summed E-state index contributed by atoms with van der Waals surface area (Å²) in [5.41, 5.74) is -0.0532. The summed E-state index contributed by atoms with van der Waals surface area (Å²) in [6.45, 7) is -0.433. The number of carboxylic acids is 1. The molecule has 0 aliphatic heterocycles. The number of nitro groups is 1. The van der Waals surface area contributed by atoms with E-state index in [-0.39, 0.29) is 27.3 Å². The molecule has 2 aromatic carbocycles. The van der Waals surface area contributed by atoms with Crippen LogP contribution in [0.25, 0.3) is 21.6 Å². The second-order valence-electron chi connectivity index (χ2n) is 6.68. The standard InChI is InChI=1S/C21H14N4O6S/c26-16(22-13-6-8-14(9-7-13)25(30)31)10-24-18(12-4-2-1-3-5-12)23-19-17(20(24)27)15(11-32-19)21(28)29/h1-9,11H,10H2,(H,22,26)(H,28,29). The van der Waals surface area contributed by atoms with E-state index in [2.05, 4.69) is 10.3 Å². The zero-order valence-electron chi connectivity index (χ0n) is 16.2. The van der Waals surface area contributed by atoms with Crippen molar-refractivity contribution in [3.8, 4) is 11.4 Å². The van der Waals surface area contributed by atoms with Gasteiger partial charge in [-0.15, -0.1) is 11.3 Å². The number of rotatable bonds is 6. The quantitative estimate of drug-likeness (QED) is 0.338. The normalized spacial score (nSPS) is 10.8. The van der Waals surface area contributed by atoms with Crippen LogP contribution < -0.4 is 10.9 Å². The van der Waals surface area contributed by atoms with Gasteiger partial charge in [-0.3, -0.25) is 24.3 Å². The highest BCUT2D eigenvalue weighted by Crippen LogP contribution is 2.25. The number of anilines is 1. The molecule has 0 radical (unpaired) electrons. The maximum absolute atomic E-state index is 13.2. The lowest BCUT2D eigenvalue weighted by Crippen LogP contribution is -2.30. The number of carbonyl (C=O) groups excluding carboxylic acids is 1. The van der Waals surface area contributed by atoms with E-state index in [0.29, 0.717) is 11.3 Å². The maximum Gasteiger partial charge on any atom is 0.337 e. The number of nitrogens with one attached hydrogen (secondary N) is 1. The minimum absolute atomic E-state index is 0.0645. The smallest absolute Gasteiger partial charge is 0.337 e. The molecule has 2 aromatic heterocycles. The van der Waals surface area contributed by atoms with Gasteiger partial charge in [0.15, 0.2) is 0 Å². The number of nitrogens with zero attached hydrogens (tertiary/aromatic N) is 3. The van der Waals surface area contributed by atoms with Gasteiger partial charge in [0.2, 0.25) is 5.91 Å². The molecule has 2 N–H and O–H groups in total. The predicted octanol–water partition coefficient (Wildman–Crippen LogP) is 3.37. The van der Waals surface area contributed by atoms with E-state index in [4.69, 9.17) is 0 Å². The molecule has 0 fully saturated rings. The van der Waals surface area contributed by atoms with Crippen LogP contribution in [0.5, 0.6) is 0 Å². The summed E-state index contributed by atoms with van der Waals surface area (Å²) in [4.78, 5) is 52.4. The number of fused-ring (bicyclic) bond motifs is 1. The Kier molecular flexibility index (Phi) is 5.48. The Morgan fingerprint density at radius 1 is 1.12 bits per heavy atom. The Labute approximate surface area is 183 Å². The van der Waals surface area contributed by atoms with Crippen molar-refractivity contribution >= 4 is 44.8 Å². The van der Waals surface area contributed by atoms with Gasteiger partial charge in [0.1, 0.15) is 17.2 Å². The van der Waals surface area contributed by atoms with Crippen molar-refractivity contribution in [2.24, 2.45) is 0 Å². The largest absolute Gasteiger partial charge is 0.478 e. The van der Waals surface area contributed by atoms with Gasteiger partial charge in [0, 0.05) is 28.8 Å². The summed E-state index contributed by atoms with van der Waals surface area (Å²) in [7, 11) is 0. The van der Waals surface area contributed by atoms with Crippen molar-refractivity contribution < 1.29 is 19.6 Å².